The molecule has 2 amide bonds. The van der Waals surface area contributed by atoms with Gasteiger partial charge in [0.15, 0.2) is 0 Å². The Balaban J connectivity index is 1.98. The number of hydrogen-bond acceptors (Lipinski definition) is 3. The van der Waals surface area contributed by atoms with E-state index < -0.39 is 0 Å². The molecule has 0 bridgehead atoms. The average Bonchev–Trinajstić information content (AvgIpc) is 2.85. The number of amides is 2. The molecule has 1 aromatic rings. The van der Waals surface area contributed by atoms with Crippen LogP contribution in [-0.2, 0) is 9.59 Å². The minimum absolute atomic E-state index is 0.00805. The van der Waals surface area contributed by atoms with Crippen molar-refractivity contribution in [3.05, 3.63) is 24.3 Å². The van der Waals surface area contributed by atoms with E-state index in [1.54, 1.807) is 0 Å². The van der Waals surface area contributed by atoms with Crippen molar-refractivity contribution in [2.45, 2.75) is 129 Å². The molecule has 1 rings (SSSR count). The molecule has 200 valence electrons. The van der Waals surface area contributed by atoms with Gasteiger partial charge in [-0.2, -0.15) is 0 Å². The fourth-order valence-corrected chi connectivity index (χ4v) is 4.26. The molecule has 0 fully saturated rings. The molecule has 0 heterocycles. The largest absolute Gasteiger partial charge is 0.376 e. The first-order chi connectivity index (χ1) is 17.2. The zero-order valence-electron chi connectivity index (χ0n) is 22.8. The Morgan fingerprint density at radius 2 is 1.14 bits per heavy atom. The summed E-state index contributed by atoms with van der Waals surface area (Å²) in [6.45, 7) is 5.39. The van der Waals surface area contributed by atoms with Crippen molar-refractivity contribution < 1.29 is 9.59 Å². The van der Waals surface area contributed by atoms with Gasteiger partial charge < -0.3 is 16.0 Å². The van der Waals surface area contributed by atoms with Gasteiger partial charge in [-0.15, -0.1) is 0 Å². The third kappa shape index (κ3) is 18.9. The van der Waals surface area contributed by atoms with E-state index in [0.717, 1.165) is 43.6 Å². The Kier molecular flexibility index (Phi) is 19.9. The second-order valence-electron chi connectivity index (χ2n) is 9.89. The monoisotopic (exact) mass is 487 g/mol. The van der Waals surface area contributed by atoms with Crippen LogP contribution in [0.15, 0.2) is 24.3 Å². The molecule has 0 unspecified atom stereocenters. The molecule has 5 heteroatoms. The number of nitrogens with one attached hydrogen (secondary N) is 3. The first kappa shape index (κ1) is 31.0. The minimum Gasteiger partial charge on any atom is -0.376 e. The van der Waals surface area contributed by atoms with Crippen molar-refractivity contribution in [1.82, 2.24) is 5.32 Å². The van der Waals surface area contributed by atoms with Crippen LogP contribution in [0.5, 0.6) is 0 Å². The van der Waals surface area contributed by atoms with Gasteiger partial charge in [0.2, 0.25) is 11.8 Å². The Morgan fingerprint density at radius 1 is 0.629 bits per heavy atom. The number of unbranched alkanes of at least 4 members (excludes halogenated alkanes) is 15. The lowest BCUT2D eigenvalue weighted by Crippen LogP contribution is -2.30. The minimum atomic E-state index is 0.00805. The summed E-state index contributed by atoms with van der Waals surface area (Å²) in [4.78, 5) is 24.1. The lowest BCUT2D eigenvalue weighted by molar-refractivity contribution is -0.119. The van der Waals surface area contributed by atoms with Gasteiger partial charge in [-0.05, 0) is 31.0 Å². The highest BCUT2D eigenvalue weighted by Gasteiger charge is 2.04. The maximum Gasteiger partial charge on any atom is 0.239 e. The Labute approximate surface area is 215 Å². The van der Waals surface area contributed by atoms with Crippen LogP contribution in [0.2, 0.25) is 0 Å². The second kappa shape index (κ2) is 22.4. The van der Waals surface area contributed by atoms with Gasteiger partial charge in [-0.1, -0.05) is 116 Å². The Hall–Kier alpha value is -2.04. The van der Waals surface area contributed by atoms with E-state index in [1.807, 2.05) is 24.3 Å². The van der Waals surface area contributed by atoms with Crippen LogP contribution in [0, 0.1) is 0 Å². The van der Waals surface area contributed by atoms with E-state index in [2.05, 4.69) is 29.8 Å². The molecular formula is C30H53N3O2. The maximum atomic E-state index is 12.1. The number of rotatable bonds is 23. The highest BCUT2D eigenvalue weighted by Crippen LogP contribution is 2.16. The van der Waals surface area contributed by atoms with E-state index in [1.165, 1.54) is 83.5 Å². The summed E-state index contributed by atoms with van der Waals surface area (Å²) >= 11 is 0. The standard InChI is InChI=1S/C30H53N3O2/c1-3-5-7-8-9-10-11-12-13-14-15-16-17-19-24-31-30(35)26-32-27-21-20-22-28(25-27)33-29(34)23-18-6-4-2/h20-22,25,32H,3-19,23-24,26H2,1-2H3,(H,31,35)(H,33,34). The predicted octanol–water partition coefficient (Wildman–Crippen LogP) is 8.21. The van der Waals surface area contributed by atoms with Crippen LogP contribution in [0.4, 0.5) is 11.4 Å². The fraction of sp³-hybridized carbons (Fsp3) is 0.733. The van der Waals surface area contributed by atoms with E-state index in [9.17, 15) is 9.59 Å². The quantitative estimate of drug-likeness (QED) is 0.136. The molecule has 0 radical (unpaired) electrons. The number of hydrogen-bond donors (Lipinski definition) is 3. The highest BCUT2D eigenvalue weighted by atomic mass is 16.2. The van der Waals surface area contributed by atoms with Gasteiger partial charge >= 0.3 is 0 Å². The van der Waals surface area contributed by atoms with Gasteiger partial charge in [0, 0.05) is 24.3 Å². The molecular weight excluding hydrogens is 434 g/mol. The summed E-state index contributed by atoms with van der Waals surface area (Å²) in [6, 6.07) is 7.54. The van der Waals surface area contributed by atoms with E-state index in [-0.39, 0.29) is 18.4 Å². The van der Waals surface area contributed by atoms with Crippen molar-refractivity contribution in [3.8, 4) is 0 Å². The number of benzene rings is 1. The van der Waals surface area contributed by atoms with Gasteiger partial charge in [0.05, 0.1) is 6.54 Å². The Morgan fingerprint density at radius 3 is 1.74 bits per heavy atom. The molecule has 0 aliphatic carbocycles. The van der Waals surface area contributed by atoms with Gasteiger partial charge in [0.1, 0.15) is 0 Å². The van der Waals surface area contributed by atoms with Crippen molar-refractivity contribution in [2.24, 2.45) is 0 Å². The maximum absolute atomic E-state index is 12.1. The van der Waals surface area contributed by atoms with Crippen molar-refractivity contribution in [1.29, 1.82) is 0 Å². The lowest BCUT2D eigenvalue weighted by Gasteiger charge is -2.10. The molecule has 0 aliphatic heterocycles. The lowest BCUT2D eigenvalue weighted by atomic mass is 10.0. The Bertz CT molecular complexity index is 663. The summed E-state index contributed by atoms with van der Waals surface area (Å²) in [7, 11) is 0. The first-order valence-electron chi connectivity index (χ1n) is 14.6. The van der Waals surface area contributed by atoms with Gasteiger partial charge in [-0.25, -0.2) is 0 Å². The van der Waals surface area contributed by atoms with Crippen LogP contribution in [0.3, 0.4) is 0 Å². The van der Waals surface area contributed by atoms with E-state index in [4.69, 9.17) is 0 Å². The summed E-state index contributed by atoms with van der Waals surface area (Å²) in [5, 5.41) is 9.08. The van der Waals surface area contributed by atoms with Crippen molar-refractivity contribution in [2.75, 3.05) is 23.7 Å². The summed E-state index contributed by atoms with van der Waals surface area (Å²) < 4.78 is 0. The number of carbonyl (C=O) groups excluding carboxylic acids is 2. The molecule has 0 aliphatic rings. The zero-order chi connectivity index (χ0) is 25.4. The topological polar surface area (TPSA) is 70.2 Å². The third-order valence-electron chi connectivity index (χ3n) is 6.46. The van der Waals surface area contributed by atoms with Crippen molar-refractivity contribution in [3.63, 3.8) is 0 Å². The SMILES string of the molecule is CCCCCCCCCCCCCCCCNC(=O)CNc1cccc(NC(=O)CCCCC)c1. The summed E-state index contributed by atoms with van der Waals surface area (Å²) in [5.74, 6) is 0.0511. The molecule has 0 aromatic heterocycles. The van der Waals surface area contributed by atoms with Gasteiger partial charge in [-0.3, -0.25) is 9.59 Å². The molecule has 3 N–H and O–H groups in total. The van der Waals surface area contributed by atoms with Crippen LogP contribution in [-0.4, -0.2) is 24.9 Å². The first-order valence-corrected chi connectivity index (χ1v) is 14.6. The zero-order valence-corrected chi connectivity index (χ0v) is 22.8. The summed E-state index contributed by atoms with van der Waals surface area (Å²) in [6.07, 6.45) is 22.4. The third-order valence-corrected chi connectivity index (χ3v) is 6.46. The second-order valence-corrected chi connectivity index (χ2v) is 9.89. The van der Waals surface area contributed by atoms with Gasteiger partial charge in [0.25, 0.3) is 0 Å². The van der Waals surface area contributed by atoms with Crippen LogP contribution >= 0.6 is 0 Å². The molecule has 5 nitrogen and oxygen atoms in total. The number of anilines is 2. The van der Waals surface area contributed by atoms with Crippen molar-refractivity contribution >= 4 is 23.2 Å². The molecule has 0 saturated heterocycles. The fourth-order valence-electron chi connectivity index (χ4n) is 4.26. The van der Waals surface area contributed by atoms with E-state index >= 15 is 0 Å². The predicted molar refractivity (Wildman–Crippen MR) is 151 cm³/mol. The smallest absolute Gasteiger partial charge is 0.239 e. The normalized spacial score (nSPS) is 10.8. The van der Waals surface area contributed by atoms with Crippen LogP contribution < -0.4 is 16.0 Å². The molecule has 0 atom stereocenters. The summed E-state index contributed by atoms with van der Waals surface area (Å²) in [5.41, 5.74) is 1.60. The molecule has 0 saturated carbocycles. The van der Waals surface area contributed by atoms with E-state index in [0.29, 0.717) is 6.42 Å². The highest BCUT2D eigenvalue weighted by molar-refractivity contribution is 5.91. The van der Waals surface area contributed by atoms with Crippen LogP contribution in [0.25, 0.3) is 0 Å². The molecule has 1 aromatic carbocycles. The number of carbonyl (C=O) groups is 2. The molecule has 35 heavy (non-hydrogen) atoms. The molecule has 0 spiro atoms. The van der Waals surface area contributed by atoms with Crippen LogP contribution in [0.1, 0.15) is 129 Å². The average molecular weight is 488 g/mol.